The van der Waals surface area contributed by atoms with Crippen LogP contribution in [0.1, 0.15) is 44.4 Å². The van der Waals surface area contributed by atoms with Gasteiger partial charge in [0.25, 0.3) is 0 Å². The maximum absolute atomic E-state index is 6.01. The van der Waals surface area contributed by atoms with Crippen molar-refractivity contribution < 1.29 is 9.47 Å². The number of ether oxygens (including phenoxy) is 2. The molecule has 2 rings (SSSR count). The van der Waals surface area contributed by atoms with E-state index in [1.807, 2.05) is 0 Å². The molecule has 1 aromatic rings. The highest BCUT2D eigenvalue weighted by molar-refractivity contribution is 5.41. The molecule has 0 saturated heterocycles. The van der Waals surface area contributed by atoms with Crippen LogP contribution in [-0.2, 0) is 11.2 Å². The SMILES string of the molecule is CCc1ccc2c(c1)OC(C)(C)C[C@@H]2OC. The fraction of sp³-hybridized carbons (Fsp3) is 0.571. The summed E-state index contributed by atoms with van der Waals surface area (Å²) < 4.78 is 11.6. The number of hydrogen-bond acceptors (Lipinski definition) is 2. The zero-order chi connectivity index (χ0) is 11.8. The molecule has 0 bridgehead atoms. The molecule has 0 saturated carbocycles. The van der Waals surface area contributed by atoms with Crippen LogP contribution in [0.5, 0.6) is 5.75 Å². The summed E-state index contributed by atoms with van der Waals surface area (Å²) >= 11 is 0. The van der Waals surface area contributed by atoms with Gasteiger partial charge in [0.1, 0.15) is 11.4 Å². The highest BCUT2D eigenvalue weighted by Gasteiger charge is 2.33. The highest BCUT2D eigenvalue weighted by Crippen LogP contribution is 2.41. The topological polar surface area (TPSA) is 18.5 Å². The van der Waals surface area contributed by atoms with Crippen LogP contribution in [0, 0.1) is 0 Å². The molecule has 2 heteroatoms. The first-order valence-electron chi connectivity index (χ1n) is 5.90. The number of fused-ring (bicyclic) bond motifs is 1. The Bertz CT molecular complexity index is 382. The number of hydrogen-bond donors (Lipinski definition) is 0. The smallest absolute Gasteiger partial charge is 0.126 e. The van der Waals surface area contributed by atoms with Crippen LogP contribution < -0.4 is 4.74 Å². The molecule has 88 valence electrons. The molecule has 0 aromatic heterocycles. The summed E-state index contributed by atoms with van der Waals surface area (Å²) in [5, 5.41) is 0. The second-order valence-corrected chi connectivity index (χ2v) is 5.02. The molecule has 0 spiro atoms. The monoisotopic (exact) mass is 220 g/mol. The van der Waals surface area contributed by atoms with E-state index in [4.69, 9.17) is 9.47 Å². The molecule has 0 amide bonds. The maximum Gasteiger partial charge on any atom is 0.126 e. The van der Waals surface area contributed by atoms with Crippen molar-refractivity contribution in [1.82, 2.24) is 0 Å². The number of aryl methyl sites for hydroxylation is 1. The first-order chi connectivity index (χ1) is 7.55. The van der Waals surface area contributed by atoms with Gasteiger partial charge in [0.2, 0.25) is 0 Å². The minimum atomic E-state index is -0.139. The summed E-state index contributed by atoms with van der Waals surface area (Å²) in [6.07, 6.45) is 2.10. The molecule has 1 atom stereocenters. The zero-order valence-corrected chi connectivity index (χ0v) is 10.5. The lowest BCUT2D eigenvalue weighted by Gasteiger charge is -2.37. The molecule has 1 aliphatic heterocycles. The highest BCUT2D eigenvalue weighted by atomic mass is 16.5. The second kappa shape index (κ2) is 4.10. The van der Waals surface area contributed by atoms with Crippen LogP contribution in [0.3, 0.4) is 0 Å². The minimum absolute atomic E-state index is 0.139. The van der Waals surface area contributed by atoms with Gasteiger partial charge in [-0.05, 0) is 31.9 Å². The van der Waals surface area contributed by atoms with Gasteiger partial charge in [-0.25, -0.2) is 0 Å². The first kappa shape index (κ1) is 11.5. The lowest BCUT2D eigenvalue weighted by molar-refractivity contribution is -0.0109. The summed E-state index contributed by atoms with van der Waals surface area (Å²) in [4.78, 5) is 0. The van der Waals surface area contributed by atoms with Crippen LogP contribution in [-0.4, -0.2) is 12.7 Å². The summed E-state index contributed by atoms with van der Waals surface area (Å²) in [6.45, 7) is 6.38. The van der Waals surface area contributed by atoms with Crippen molar-refractivity contribution >= 4 is 0 Å². The summed E-state index contributed by atoms with van der Waals surface area (Å²) in [5.74, 6) is 0.988. The Morgan fingerprint density at radius 1 is 1.44 bits per heavy atom. The van der Waals surface area contributed by atoms with E-state index in [2.05, 4.69) is 39.0 Å². The third kappa shape index (κ3) is 2.07. The van der Waals surface area contributed by atoms with Crippen LogP contribution in [0.15, 0.2) is 18.2 Å². The van der Waals surface area contributed by atoms with Gasteiger partial charge in [-0.3, -0.25) is 0 Å². The van der Waals surface area contributed by atoms with E-state index in [-0.39, 0.29) is 11.7 Å². The molecule has 0 aliphatic carbocycles. The van der Waals surface area contributed by atoms with E-state index in [9.17, 15) is 0 Å². The van der Waals surface area contributed by atoms with Gasteiger partial charge in [0.15, 0.2) is 0 Å². The van der Waals surface area contributed by atoms with E-state index in [0.29, 0.717) is 0 Å². The maximum atomic E-state index is 6.01. The molecule has 16 heavy (non-hydrogen) atoms. The minimum Gasteiger partial charge on any atom is -0.487 e. The van der Waals surface area contributed by atoms with Crippen molar-refractivity contribution in [2.45, 2.75) is 45.3 Å². The fourth-order valence-corrected chi connectivity index (χ4v) is 2.26. The van der Waals surface area contributed by atoms with Crippen molar-refractivity contribution in [3.05, 3.63) is 29.3 Å². The average molecular weight is 220 g/mol. The predicted octanol–water partition coefficient (Wildman–Crippen LogP) is 3.50. The second-order valence-electron chi connectivity index (χ2n) is 5.02. The van der Waals surface area contributed by atoms with Crippen LogP contribution >= 0.6 is 0 Å². The van der Waals surface area contributed by atoms with E-state index in [1.165, 1.54) is 11.1 Å². The lowest BCUT2D eigenvalue weighted by atomic mass is 9.91. The third-order valence-electron chi connectivity index (χ3n) is 3.18. The largest absolute Gasteiger partial charge is 0.487 e. The Labute approximate surface area is 97.6 Å². The van der Waals surface area contributed by atoms with Crippen molar-refractivity contribution in [3.63, 3.8) is 0 Å². The van der Waals surface area contributed by atoms with Crippen molar-refractivity contribution in [3.8, 4) is 5.75 Å². The summed E-state index contributed by atoms with van der Waals surface area (Å²) in [7, 11) is 1.77. The molecule has 1 aliphatic rings. The van der Waals surface area contributed by atoms with Crippen LogP contribution in [0.2, 0.25) is 0 Å². The Kier molecular flexibility index (Phi) is 2.94. The van der Waals surface area contributed by atoms with Crippen molar-refractivity contribution in [2.75, 3.05) is 7.11 Å². The molecule has 1 aromatic carbocycles. The molecule has 0 radical (unpaired) electrons. The number of methoxy groups -OCH3 is 1. The Morgan fingerprint density at radius 3 is 2.81 bits per heavy atom. The molecule has 0 unspecified atom stereocenters. The van der Waals surface area contributed by atoms with Crippen molar-refractivity contribution in [2.24, 2.45) is 0 Å². The Hall–Kier alpha value is -1.02. The van der Waals surface area contributed by atoms with Gasteiger partial charge in [0.05, 0.1) is 6.10 Å². The summed E-state index contributed by atoms with van der Waals surface area (Å²) in [5.41, 5.74) is 2.35. The average Bonchev–Trinajstić information content (AvgIpc) is 2.25. The molecule has 0 N–H and O–H groups in total. The van der Waals surface area contributed by atoms with E-state index >= 15 is 0 Å². The zero-order valence-electron chi connectivity index (χ0n) is 10.5. The van der Waals surface area contributed by atoms with Gasteiger partial charge < -0.3 is 9.47 Å². The van der Waals surface area contributed by atoms with Gasteiger partial charge in [-0.2, -0.15) is 0 Å². The van der Waals surface area contributed by atoms with Crippen molar-refractivity contribution in [1.29, 1.82) is 0 Å². The molecule has 1 heterocycles. The first-order valence-corrected chi connectivity index (χ1v) is 5.90. The van der Waals surface area contributed by atoms with E-state index < -0.39 is 0 Å². The van der Waals surface area contributed by atoms with E-state index in [1.54, 1.807) is 7.11 Å². The molecular formula is C14H20O2. The lowest BCUT2D eigenvalue weighted by Crippen LogP contribution is -2.35. The standard InChI is InChI=1S/C14H20O2/c1-5-10-6-7-11-12(8-10)16-14(2,3)9-13(11)15-4/h6-8,13H,5,9H2,1-4H3/t13-/m0/s1. The fourth-order valence-electron chi connectivity index (χ4n) is 2.26. The quantitative estimate of drug-likeness (QED) is 0.759. The molecule has 0 fully saturated rings. The third-order valence-corrected chi connectivity index (χ3v) is 3.18. The van der Waals surface area contributed by atoms with Gasteiger partial charge in [0, 0.05) is 19.1 Å². The summed E-state index contributed by atoms with van der Waals surface area (Å²) in [6, 6.07) is 6.44. The number of benzene rings is 1. The van der Waals surface area contributed by atoms with Crippen LogP contribution in [0.25, 0.3) is 0 Å². The Balaban J connectivity index is 2.42. The van der Waals surface area contributed by atoms with Gasteiger partial charge in [-0.1, -0.05) is 19.1 Å². The molecule has 2 nitrogen and oxygen atoms in total. The number of rotatable bonds is 2. The van der Waals surface area contributed by atoms with Crippen LogP contribution in [0.4, 0.5) is 0 Å². The van der Waals surface area contributed by atoms with Gasteiger partial charge >= 0.3 is 0 Å². The van der Waals surface area contributed by atoms with Gasteiger partial charge in [-0.15, -0.1) is 0 Å². The predicted molar refractivity (Wildman–Crippen MR) is 64.9 cm³/mol. The van der Waals surface area contributed by atoms with E-state index in [0.717, 1.165) is 18.6 Å². The normalized spacial score (nSPS) is 22.4. The Morgan fingerprint density at radius 2 is 2.19 bits per heavy atom. The molecular weight excluding hydrogens is 200 g/mol.